The fraction of sp³-hybridized carbons (Fsp3) is 0.818. The molecule has 5 nitrogen and oxygen atoms in total. The molecule has 0 aromatic carbocycles. The summed E-state index contributed by atoms with van der Waals surface area (Å²) in [5.74, 6) is -0.122. The fourth-order valence-electron chi connectivity index (χ4n) is 2.57. The smallest absolute Gasteiger partial charge is 0.315 e. The normalized spacial score (nSPS) is 31.4. The average molecular weight is 226 g/mol. The Morgan fingerprint density at radius 1 is 1.56 bits per heavy atom. The van der Waals surface area contributed by atoms with Crippen molar-refractivity contribution in [1.29, 1.82) is 0 Å². The standard InChI is InChI=1S/C11H18N2O3/c1-2-16-10(15)5-9(14)13-11-4-3-8(11)6-12-7-11/h8,12H,2-7H2,1H3,(H,13,14). The molecule has 1 saturated heterocycles. The number of fused-ring (bicyclic) bond motifs is 1. The maximum Gasteiger partial charge on any atom is 0.315 e. The molecule has 2 N–H and O–H groups in total. The van der Waals surface area contributed by atoms with Crippen molar-refractivity contribution in [2.75, 3.05) is 19.7 Å². The van der Waals surface area contributed by atoms with Gasteiger partial charge in [0.05, 0.1) is 12.1 Å². The number of nitrogens with one attached hydrogen (secondary N) is 2. The van der Waals surface area contributed by atoms with E-state index in [0.717, 1.165) is 25.9 Å². The zero-order valence-corrected chi connectivity index (χ0v) is 9.54. The predicted octanol–water partition coefficient (Wildman–Crippen LogP) is -0.192. The van der Waals surface area contributed by atoms with Crippen LogP contribution in [0.15, 0.2) is 0 Å². The van der Waals surface area contributed by atoms with Crippen LogP contribution in [0.3, 0.4) is 0 Å². The minimum Gasteiger partial charge on any atom is -0.466 e. The topological polar surface area (TPSA) is 67.4 Å². The van der Waals surface area contributed by atoms with Gasteiger partial charge in [0.25, 0.3) is 0 Å². The lowest BCUT2D eigenvalue weighted by atomic mass is 9.69. The summed E-state index contributed by atoms with van der Waals surface area (Å²) in [6, 6.07) is 0. The van der Waals surface area contributed by atoms with E-state index in [2.05, 4.69) is 10.6 Å². The van der Waals surface area contributed by atoms with Crippen molar-refractivity contribution < 1.29 is 14.3 Å². The van der Waals surface area contributed by atoms with Gasteiger partial charge in [-0.05, 0) is 25.7 Å². The van der Waals surface area contributed by atoms with Crippen LogP contribution in [0.2, 0.25) is 0 Å². The van der Waals surface area contributed by atoms with E-state index in [4.69, 9.17) is 4.74 Å². The van der Waals surface area contributed by atoms with Crippen LogP contribution in [0.4, 0.5) is 0 Å². The molecule has 1 heterocycles. The molecule has 90 valence electrons. The summed E-state index contributed by atoms with van der Waals surface area (Å²) in [5, 5.41) is 6.26. The third-order valence-electron chi connectivity index (χ3n) is 3.55. The summed E-state index contributed by atoms with van der Waals surface area (Å²) in [4.78, 5) is 22.8. The van der Waals surface area contributed by atoms with E-state index in [1.807, 2.05) is 0 Å². The van der Waals surface area contributed by atoms with Crippen molar-refractivity contribution in [1.82, 2.24) is 10.6 Å². The Labute approximate surface area is 94.9 Å². The Hall–Kier alpha value is -1.10. The highest BCUT2D eigenvalue weighted by Gasteiger charge is 2.50. The van der Waals surface area contributed by atoms with Gasteiger partial charge in [-0.2, -0.15) is 0 Å². The molecule has 2 aliphatic rings. The van der Waals surface area contributed by atoms with Crippen LogP contribution >= 0.6 is 0 Å². The lowest BCUT2D eigenvalue weighted by molar-refractivity contribution is -0.146. The minimum absolute atomic E-state index is 0.0798. The lowest BCUT2D eigenvalue weighted by Crippen LogP contribution is -2.60. The van der Waals surface area contributed by atoms with Crippen molar-refractivity contribution in [3.63, 3.8) is 0 Å². The molecule has 0 aromatic rings. The van der Waals surface area contributed by atoms with Gasteiger partial charge in [-0.15, -0.1) is 0 Å². The van der Waals surface area contributed by atoms with Gasteiger partial charge in [-0.3, -0.25) is 9.59 Å². The van der Waals surface area contributed by atoms with Crippen LogP contribution < -0.4 is 10.6 Å². The van der Waals surface area contributed by atoms with Crippen LogP contribution in [0.25, 0.3) is 0 Å². The van der Waals surface area contributed by atoms with Gasteiger partial charge in [-0.1, -0.05) is 0 Å². The van der Waals surface area contributed by atoms with Gasteiger partial charge < -0.3 is 15.4 Å². The second kappa shape index (κ2) is 4.41. The second-order valence-corrected chi connectivity index (χ2v) is 4.55. The number of hydrogen-bond acceptors (Lipinski definition) is 4. The molecule has 2 unspecified atom stereocenters. The summed E-state index contributed by atoms with van der Waals surface area (Å²) in [6.07, 6.45) is 2.01. The number of amides is 1. The number of esters is 1. The zero-order chi connectivity index (χ0) is 11.6. The molecule has 2 rings (SSSR count). The van der Waals surface area contributed by atoms with Crippen molar-refractivity contribution in [3.8, 4) is 0 Å². The minimum atomic E-state index is -0.446. The van der Waals surface area contributed by atoms with E-state index in [0.29, 0.717) is 12.5 Å². The van der Waals surface area contributed by atoms with E-state index >= 15 is 0 Å². The second-order valence-electron chi connectivity index (χ2n) is 4.55. The monoisotopic (exact) mass is 226 g/mol. The average Bonchev–Trinajstić information content (AvgIpc) is 2.45. The van der Waals surface area contributed by atoms with E-state index in [9.17, 15) is 9.59 Å². The molecule has 1 saturated carbocycles. The van der Waals surface area contributed by atoms with E-state index in [1.165, 1.54) is 0 Å². The molecular weight excluding hydrogens is 208 g/mol. The molecule has 16 heavy (non-hydrogen) atoms. The van der Waals surface area contributed by atoms with Crippen molar-refractivity contribution in [2.24, 2.45) is 5.92 Å². The van der Waals surface area contributed by atoms with Gasteiger partial charge in [0, 0.05) is 13.1 Å². The Morgan fingerprint density at radius 3 is 2.94 bits per heavy atom. The molecule has 5 heteroatoms. The number of carbonyl (C=O) groups is 2. The Kier molecular flexibility index (Phi) is 3.14. The van der Waals surface area contributed by atoms with Crippen molar-refractivity contribution in [2.45, 2.75) is 31.7 Å². The zero-order valence-electron chi connectivity index (χ0n) is 9.54. The highest BCUT2D eigenvalue weighted by molar-refractivity contribution is 5.94. The van der Waals surface area contributed by atoms with E-state index in [-0.39, 0.29) is 17.9 Å². The van der Waals surface area contributed by atoms with Gasteiger partial charge in [0.15, 0.2) is 0 Å². The van der Waals surface area contributed by atoms with Gasteiger partial charge >= 0.3 is 5.97 Å². The SMILES string of the molecule is CCOC(=O)CC(=O)NC12CCC1CNC2. The molecule has 1 aliphatic heterocycles. The molecule has 1 aliphatic carbocycles. The molecule has 1 amide bonds. The van der Waals surface area contributed by atoms with Gasteiger partial charge in [0.1, 0.15) is 6.42 Å². The first kappa shape index (κ1) is 11.4. The van der Waals surface area contributed by atoms with Gasteiger partial charge in [0.2, 0.25) is 5.91 Å². The number of carbonyl (C=O) groups excluding carboxylic acids is 2. The van der Waals surface area contributed by atoms with E-state index in [1.54, 1.807) is 6.92 Å². The largest absolute Gasteiger partial charge is 0.466 e. The Morgan fingerprint density at radius 2 is 2.38 bits per heavy atom. The van der Waals surface area contributed by atoms with Crippen LogP contribution in [-0.2, 0) is 14.3 Å². The summed E-state index contributed by atoms with van der Waals surface area (Å²) in [5.41, 5.74) is -0.0798. The summed E-state index contributed by atoms with van der Waals surface area (Å²) in [6.45, 7) is 3.85. The predicted molar refractivity (Wildman–Crippen MR) is 57.7 cm³/mol. The van der Waals surface area contributed by atoms with Crippen LogP contribution in [0.1, 0.15) is 26.2 Å². The molecular formula is C11H18N2O3. The van der Waals surface area contributed by atoms with Crippen molar-refractivity contribution in [3.05, 3.63) is 0 Å². The molecule has 0 aromatic heterocycles. The van der Waals surface area contributed by atoms with Crippen molar-refractivity contribution >= 4 is 11.9 Å². The lowest BCUT2D eigenvalue weighted by Gasteiger charge is -2.44. The van der Waals surface area contributed by atoms with Gasteiger partial charge in [-0.25, -0.2) is 0 Å². The first-order valence-corrected chi connectivity index (χ1v) is 5.83. The number of ether oxygens (including phenoxy) is 1. The molecule has 0 bridgehead atoms. The highest BCUT2D eigenvalue weighted by atomic mass is 16.5. The van der Waals surface area contributed by atoms with Crippen LogP contribution in [-0.4, -0.2) is 37.1 Å². The summed E-state index contributed by atoms with van der Waals surface area (Å²) >= 11 is 0. The number of hydrogen-bond donors (Lipinski definition) is 2. The fourth-order valence-corrected chi connectivity index (χ4v) is 2.57. The maximum absolute atomic E-state index is 11.6. The molecule has 0 radical (unpaired) electrons. The molecule has 2 atom stereocenters. The Bertz CT molecular complexity index is 306. The summed E-state index contributed by atoms with van der Waals surface area (Å²) < 4.78 is 4.74. The first-order valence-electron chi connectivity index (χ1n) is 5.83. The third kappa shape index (κ3) is 2.04. The molecule has 2 fully saturated rings. The maximum atomic E-state index is 11.6. The third-order valence-corrected chi connectivity index (χ3v) is 3.55. The molecule has 0 spiro atoms. The summed E-state index contributed by atoms with van der Waals surface area (Å²) in [7, 11) is 0. The highest BCUT2D eigenvalue weighted by Crippen LogP contribution is 2.41. The first-order chi connectivity index (χ1) is 7.66. The van der Waals surface area contributed by atoms with Crippen LogP contribution in [0.5, 0.6) is 0 Å². The van der Waals surface area contributed by atoms with E-state index < -0.39 is 5.97 Å². The quantitative estimate of drug-likeness (QED) is 0.515. The number of rotatable bonds is 4. The Balaban J connectivity index is 1.81. The van der Waals surface area contributed by atoms with Crippen LogP contribution in [0, 0.1) is 5.92 Å².